The van der Waals surface area contributed by atoms with E-state index < -0.39 is 0 Å². The zero-order chi connectivity index (χ0) is 14.4. The Labute approximate surface area is 130 Å². The largest absolute Gasteiger partial charge is 0.378 e. The van der Waals surface area contributed by atoms with Crippen molar-refractivity contribution >= 4 is 50.8 Å². The van der Waals surface area contributed by atoms with Gasteiger partial charge in [-0.1, -0.05) is 23.2 Å². The number of aromatic amines is 1. The maximum absolute atomic E-state index is 6.43. The van der Waals surface area contributed by atoms with Crippen LogP contribution in [0.1, 0.15) is 0 Å². The Bertz CT molecular complexity index is 827. The third-order valence-electron chi connectivity index (χ3n) is 3.76. The minimum Gasteiger partial charge on any atom is -0.378 e. The summed E-state index contributed by atoms with van der Waals surface area (Å²) >= 11 is 12.7. The summed E-state index contributed by atoms with van der Waals surface area (Å²) in [6.07, 6.45) is 1.45. The smallest absolute Gasteiger partial charge is 0.143 e. The Kier molecular flexibility index (Phi) is 3.14. The number of halogens is 2. The van der Waals surface area contributed by atoms with Crippen LogP contribution in [-0.2, 0) is 4.74 Å². The monoisotopic (exact) mass is 322 g/mol. The third-order valence-corrected chi connectivity index (χ3v) is 4.35. The first-order valence-electron chi connectivity index (χ1n) is 6.68. The molecule has 4 rings (SSSR count). The van der Waals surface area contributed by atoms with Crippen LogP contribution in [0.15, 0.2) is 18.5 Å². The van der Waals surface area contributed by atoms with Crippen molar-refractivity contribution in [2.45, 2.75) is 0 Å². The van der Waals surface area contributed by atoms with E-state index in [4.69, 9.17) is 27.9 Å². The highest BCUT2D eigenvalue weighted by Crippen LogP contribution is 2.36. The standard InChI is InChI=1S/C14H12Cl2N4O/c15-9-6-10-8(5-11(9)20-1-3-21-4-2-20)12-13(16)17-7-18-14(12)19-10/h5-7H,1-4H2,(H,17,18,19). The summed E-state index contributed by atoms with van der Waals surface area (Å²) in [5, 5.41) is 2.98. The van der Waals surface area contributed by atoms with Crippen molar-refractivity contribution in [3.05, 3.63) is 28.6 Å². The first-order chi connectivity index (χ1) is 10.2. The Morgan fingerprint density at radius 3 is 2.76 bits per heavy atom. The van der Waals surface area contributed by atoms with Crippen LogP contribution in [0, 0.1) is 0 Å². The van der Waals surface area contributed by atoms with Gasteiger partial charge in [0, 0.05) is 24.0 Å². The van der Waals surface area contributed by atoms with Gasteiger partial charge in [0.15, 0.2) is 0 Å². The number of aromatic nitrogens is 3. The van der Waals surface area contributed by atoms with Gasteiger partial charge in [0.1, 0.15) is 17.1 Å². The van der Waals surface area contributed by atoms with E-state index >= 15 is 0 Å². The molecule has 5 nitrogen and oxygen atoms in total. The zero-order valence-corrected chi connectivity index (χ0v) is 12.6. The van der Waals surface area contributed by atoms with Crippen molar-refractivity contribution in [2.24, 2.45) is 0 Å². The lowest BCUT2D eigenvalue weighted by Crippen LogP contribution is -2.36. The molecule has 1 aromatic carbocycles. The molecule has 0 atom stereocenters. The third kappa shape index (κ3) is 2.12. The van der Waals surface area contributed by atoms with E-state index in [-0.39, 0.29) is 0 Å². The fourth-order valence-corrected chi connectivity index (χ4v) is 3.26. The summed E-state index contributed by atoms with van der Waals surface area (Å²) in [5.74, 6) is 0. The molecule has 1 fully saturated rings. The van der Waals surface area contributed by atoms with E-state index in [2.05, 4.69) is 25.9 Å². The molecule has 0 spiro atoms. The number of hydrogen-bond donors (Lipinski definition) is 1. The molecule has 0 saturated carbocycles. The van der Waals surface area contributed by atoms with Gasteiger partial charge in [-0.25, -0.2) is 9.97 Å². The SMILES string of the molecule is Clc1cc2[nH]c3ncnc(Cl)c3c2cc1N1CCOCC1. The van der Waals surface area contributed by atoms with Gasteiger partial charge >= 0.3 is 0 Å². The molecular weight excluding hydrogens is 311 g/mol. The van der Waals surface area contributed by atoms with Crippen LogP contribution >= 0.6 is 23.2 Å². The predicted octanol–water partition coefficient (Wildman–Crippen LogP) is 3.25. The van der Waals surface area contributed by atoms with Crippen LogP contribution in [0.2, 0.25) is 10.2 Å². The van der Waals surface area contributed by atoms with Gasteiger partial charge in [-0.05, 0) is 12.1 Å². The van der Waals surface area contributed by atoms with Gasteiger partial charge in [0.25, 0.3) is 0 Å². The Morgan fingerprint density at radius 2 is 1.95 bits per heavy atom. The van der Waals surface area contributed by atoms with E-state index in [9.17, 15) is 0 Å². The lowest BCUT2D eigenvalue weighted by molar-refractivity contribution is 0.122. The second kappa shape index (κ2) is 5.02. The second-order valence-electron chi connectivity index (χ2n) is 4.96. The van der Waals surface area contributed by atoms with Crippen LogP contribution in [-0.4, -0.2) is 41.3 Å². The molecule has 1 saturated heterocycles. The number of anilines is 1. The maximum atomic E-state index is 6.43. The molecule has 1 aliphatic rings. The number of nitrogens with one attached hydrogen (secondary N) is 1. The normalized spacial score (nSPS) is 16.0. The van der Waals surface area contributed by atoms with E-state index in [0.717, 1.165) is 40.7 Å². The fourth-order valence-electron chi connectivity index (χ4n) is 2.74. The van der Waals surface area contributed by atoms with Crippen molar-refractivity contribution in [1.29, 1.82) is 0 Å². The van der Waals surface area contributed by atoms with Gasteiger partial charge in [0.05, 0.1) is 29.3 Å². The Morgan fingerprint density at radius 1 is 1.14 bits per heavy atom. The summed E-state index contributed by atoms with van der Waals surface area (Å²) in [6, 6.07) is 3.97. The molecule has 0 aliphatic carbocycles. The van der Waals surface area contributed by atoms with Crippen LogP contribution in [0.5, 0.6) is 0 Å². The molecule has 0 amide bonds. The van der Waals surface area contributed by atoms with Crippen molar-refractivity contribution in [3.8, 4) is 0 Å². The Hall–Kier alpha value is -1.56. The number of rotatable bonds is 1. The van der Waals surface area contributed by atoms with Crippen LogP contribution < -0.4 is 4.90 Å². The van der Waals surface area contributed by atoms with E-state index in [1.54, 1.807) is 0 Å². The van der Waals surface area contributed by atoms with Crippen LogP contribution in [0.25, 0.3) is 21.9 Å². The highest BCUT2D eigenvalue weighted by Gasteiger charge is 2.18. The molecule has 0 unspecified atom stereocenters. The Balaban J connectivity index is 1.96. The lowest BCUT2D eigenvalue weighted by Gasteiger charge is -2.29. The molecule has 2 aromatic heterocycles. The second-order valence-corrected chi connectivity index (χ2v) is 5.73. The molecule has 0 radical (unpaired) electrons. The predicted molar refractivity (Wildman–Crippen MR) is 84.4 cm³/mol. The number of nitrogens with zero attached hydrogens (tertiary/aromatic N) is 3. The highest BCUT2D eigenvalue weighted by atomic mass is 35.5. The van der Waals surface area contributed by atoms with Gasteiger partial charge in [-0.3, -0.25) is 0 Å². The summed E-state index contributed by atoms with van der Waals surface area (Å²) in [7, 11) is 0. The molecule has 3 heterocycles. The van der Waals surface area contributed by atoms with Crippen molar-refractivity contribution in [2.75, 3.05) is 31.2 Å². The molecule has 1 aliphatic heterocycles. The molecule has 108 valence electrons. The summed E-state index contributed by atoms with van der Waals surface area (Å²) in [6.45, 7) is 3.09. The molecular formula is C14H12Cl2N4O. The lowest BCUT2D eigenvalue weighted by atomic mass is 10.1. The van der Waals surface area contributed by atoms with Gasteiger partial charge in [-0.15, -0.1) is 0 Å². The zero-order valence-electron chi connectivity index (χ0n) is 11.1. The maximum Gasteiger partial charge on any atom is 0.143 e. The number of fused-ring (bicyclic) bond motifs is 3. The molecule has 1 N–H and O–H groups in total. The number of H-pyrrole nitrogens is 1. The van der Waals surface area contributed by atoms with E-state index in [1.807, 2.05) is 6.07 Å². The minimum atomic E-state index is 0.446. The molecule has 21 heavy (non-hydrogen) atoms. The average molecular weight is 323 g/mol. The van der Waals surface area contributed by atoms with Crippen LogP contribution in [0.4, 0.5) is 5.69 Å². The first kappa shape index (κ1) is 13.1. The summed E-state index contributed by atoms with van der Waals surface area (Å²) in [5.41, 5.74) is 2.63. The number of hydrogen-bond acceptors (Lipinski definition) is 4. The van der Waals surface area contributed by atoms with Crippen LogP contribution in [0.3, 0.4) is 0 Å². The van der Waals surface area contributed by atoms with Crippen molar-refractivity contribution < 1.29 is 4.74 Å². The summed E-state index contributed by atoms with van der Waals surface area (Å²) < 4.78 is 5.39. The average Bonchev–Trinajstić information content (AvgIpc) is 2.85. The van der Waals surface area contributed by atoms with Gasteiger partial charge in [0.2, 0.25) is 0 Å². The van der Waals surface area contributed by atoms with E-state index in [1.165, 1.54) is 6.33 Å². The molecule has 3 aromatic rings. The highest BCUT2D eigenvalue weighted by molar-refractivity contribution is 6.37. The quantitative estimate of drug-likeness (QED) is 0.699. The summed E-state index contributed by atoms with van der Waals surface area (Å²) in [4.78, 5) is 13.7. The number of ether oxygens (including phenoxy) is 1. The number of morpholine rings is 1. The van der Waals surface area contributed by atoms with Gasteiger partial charge in [-0.2, -0.15) is 0 Å². The van der Waals surface area contributed by atoms with Gasteiger partial charge < -0.3 is 14.6 Å². The first-order valence-corrected chi connectivity index (χ1v) is 7.44. The van der Waals surface area contributed by atoms with Crippen molar-refractivity contribution in [3.63, 3.8) is 0 Å². The number of benzene rings is 1. The van der Waals surface area contributed by atoms with Crippen molar-refractivity contribution in [1.82, 2.24) is 15.0 Å². The molecule has 7 heteroatoms. The fraction of sp³-hybridized carbons (Fsp3) is 0.286. The molecule has 0 bridgehead atoms. The topological polar surface area (TPSA) is 54.0 Å². The minimum absolute atomic E-state index is 0.446. The van der Waals surface area contributed by atoms with E-state index in [0.29, 0.717) is 23.4 Å².